The van der Waals surface area contributed by atoms with Crippen LogP contribution in [0.1, 0.15) is 17.5 Å². The van der Waals surface area contributed by atoms with Crippen molar-refractivity contribution < 1.29 is 9.50 Å². The third kappa shape index (κ3) is 3.82. The third-order valence-corrected chi connectivity index (χ3v) is 4.64. The molecule has 0 amide bonds. The molecule has 3 N–H and O–H groups in total. The molecule has 0 fully saturated rings. The van der Waals surface area contributed by atoms with Crippen molar-refractivity contribution >= 4 is 28.7 Å². The molecule has 0 saturated heterocycles. The van der Waals surface area contributed by atoms with Gasteiger partial charge in [0.2, 0.25) is 0 Å². The predicted molar refractivity (Wildman–Crippen MR) is 93.1 cm³/mol. The quantitative estimate of drug-likeness (QED) is 0.503. The summed E-state index contributed by atoms with van der Waals surface area (Å²) in [6, 6.07) is 8.19. The Morgan fingerprint density at radius 3 is 2.92 bits per heavy atom. The van der Waals surface area contributed by atoms with Crippen molar-refractivity contribution in [1.82, 2.24) is 19.5 Å². The summed E-state index contributed by atoms with van der Waals surface area (Å²) in [6.07, 6.45) is 1.55. The number of halogens is 1. The van der Waals surface area contributed by atoms with Crippen LogP contribution in [0.25, 0.3) is 11.2 Å². The summed E-state index contributed by atoms with van der Waals surface area (Å²) in [7, 11) is 0. The van der Waals surface area contributed by atoms with Crippen molar-refractivity contribution in [2.24, 2.45) is 0 Å². The molecule has 0 unspecified atom stereocenters. The first-order valence-electron chi connectivity index (χ1n) is 7.57. The van der Waals surface area contributed by atoms with E-state index in [1.807, 2.05) is 12.1 Å². The monoisotopic (exact) mass is 347 g/mol. The Bertz CT molecular complexity index is 838. The second-order valence-electron chi connectivity index (χ2n) is 5.37. The summed E-state index contributed by atoms with van der Waals surface area (Å²) >= 11 is 1.79. The third-order valence-electron chi connectivity index (χ3n) is 3.52. The van der Waals surface area contributed by atoms with Gasteiger partial charge in [0.15, 0.2) is 11.5 Å². The molecular formula is C16H18FN5OS. The zero-order chi connectivity index (χ0) is 16.9. The number of anilines is 1. The van der Waals surface area contributed by atoms with E-state index < -0.39 is 6.08 Å². The largest absolute Gasteiger partial charge is 0.396 e. The van der Waals surface area contributed by atoms with Crippen molar-refractivity contribution in [2.45, 2.75) is 18.7 Å². The lowest BCUT2D eigenvalue weighted by molar-refractivity contribution is 0.296. The highest BCUT2D eigenvalue weighted by Gasteiger charge is 2.11. The summed E-state index contributed by atoms with van der Waals surface area (Å²) in [5.41, 5.74) is 8.77. The Balaban J connectivity index is 1.77. The molecule has 0 spiro atoms. The molecule has 2 heterocycles. The fourth-order valence-electron chi connectivity index (χ4n) is 2.43. The minimum absolute atomic E-state index is 0.0466. The number of rotatable bonds is 7. The number of benzene rings is 1. The summed E-state index contributed by atoms with van der Waals surface area (Å²) in [5, 5.41) is 8.81. The van der Waals surface area contributed by atoms with Crippen molar-refractivity contribution in [1.29, 1.82) is 0 Å². The Labute approximate surface area is 142 Å². The Morgan fingerprint density at radius 1 is 1.25 bits per heavy atom. The summed E-state index contributed by atoms with van der Waals surface area (Å²) in [5.74, 6) is 1.87. The molecular weight excluding hydrogens is 329 g/mol. The lowest BCUT2D eigenvalue weighted by atomic mass is 10.1. The lowest BCUT2D eigenvalue weighted by Crippen LogP contribution is -2.03. The van der Waals surface area contributed by atoms with Gasteiger partial charge in [0.05, 0.1) is 12.9 Å². The topological polar surface area (TPSA) is 89.9 Å². The van der Waals surface area contributed by atoms with Gasteiger partial charge in [-0.15, -0.1) is 0 Å². The van der Waals surface area contributed by atoms with Crippen molar-refractivity contribution in [2.75, 3.05) is 18.1 Å². The van der Waals surface area contributed by atoms with Crippen LogP contribution in [0.3, 0.4) is 0 Å². The van der Waals surface area contributed by atoms with E-state index in [0.717, 1.165) is 23.5 Å². The maximum Gasteiger partial charge on any atom is 0.312 e. The number of hydrogen-bond donors (Lipinski definition) is 2. The minimum atomic E-state index is -0.851. The van der Waals surface area contributed by atoms with Crippen LogP contribution in [0, 0.1) is 6.08 Å². The second-order valence-corrected chi connectivity index (χ2v) is 6.48. The molecule has 0 aliphatic rings. The van der Waals surface area contributed by atoms with Gasteiger partial charge in [0, 0.05) is 12.4 Å². The molecule has 0 aliphatic carbocycles. The number of nitrogens with two attached hydrogens (primary N) is 1. The zero-order valence-electron chi connectivity index (χ0n) is 13.0. The molecule has 0 saturated carbocycles. The van der Waals surface area contributed by atoms with Crippen LogP contribution >= 0.6 is 11.8 Å². The van der Waals surface area contributed by atoms with E-state index in [4.69, 9.17) is 10.8 Å². The SMILES string of the molecule is Nc1nc(F)nc2c1ncn2Cc1cccc(CSCCCO)c1. The van der Waals surface area contributed by atoms with Crippen molar-refractivity contribution in [3.8, 4) is 0 Å². The molecule has 0 aliphatic heterocycles. The summed E-state index contributed by atoms with van der Waals surface area (Å²) < 4.78 is 15.2. The van der Waals surface area contributed by atoms with Crippen LogP contribution in [-0.2, 0) is 12.3 Å². The average molecular weight is 347 g/mol. The van der Waals surface area contributed by atoms with Gasteiger partial charge >= 0.3 is 6.08 Å². The normalized spacial score (nSPS) is 11.2. The number of nitrogen functional groups attached to an aromatic ring is 1. The Kier molecular flexibility index (Phi) is 5.27. The fourth-order valence-corrected chi connectivity index (χ4v) is 3.32. The highest BCUT2D eigenvalue weighted by atomic mass is 32.2. The second kappa shape index (κ2) is 7.59. The van der Waals surface area contributed by atoms with Gasteiger partial charge in [0.1, 0.15) is 5.52 Å². The number of aliphatic hydroxyl groups excluding tert-OH is 1. The van der Waals surface area contributed by atoms with Gasteiger partial charge in [-0.1, -0.05) is 24.3 Å². The molecule has 0 radical (unpaired) electrons. The number of imidazole rings is 1. The number of aromatic nitrogens is 4. The number of aliphatic hydroxyl groups is 1. The maximum atomic E-state index is 13.4. The molecule has 8 heteroatoms. The van der Waals surface area contributed by atoms with Gasteiger partial charge in [0.25, 0.3) is 0 Å². The summed E-state index contributed by atoms with van der Waals surface area (Å²) in [4.78, 5) is 11.5. The van der Waals surface area contributed by atoms with E-state index in [-0.39, 0.29) is 12.4 Å². The van der Waals surface area contributed by atoms with Crippen LogP contribution in [0.15, 0.2) is 30.6 Å². The van der Waals surface area contributed by atoms with Crippen LogP contribution in [0.5, 0.6) is 0 Å². The molecule has 3 aromatic rings. The average Bonchev–Trinajstić information content (AvgIpc) is 2.95. The van der Waals surface area contributed by atoms with Crippen LogP contribution < -0.4 is 5.73 Å². The van der Waals surface area contributed by atoms with E-state index in [1.165, 1.54) is 5.56 Å². The van der Waals surface area contributed by atoms with Crippen molar-refractivity contribution in [3.05, 3.63) is 47.8 Å². The molecule has 1 aromatic carbocycles. The standard InChI is InChI=1S/C16H18FN5OS/c17-16-20-14(18)13-15(21-16)22(10-19-13)8-11-3-1-4-12(7-11)9-24-6-2-5-23/h1,3-4,7,10,23H,2,5-6,8-9H2,(H2,18,20,21). The van der Waals surface area contributed by atoms with Gasteiger partial charge in [-0.25, -0.2) is 4.98 Å². The fraction of sp³-hybridized carbons (Fsp3) is 0.312. The highest BCUT2D eigenvalue weighted by molar-refractivity contribution is 7.98. The van der Waals surface area contributed by atoms with E-state index in [2.05, 4.69) is 27.1 Å². The minimum Gasteiger partial charge on any atom is -0.396 e. The van der Waals surface area contributed by atoms with Gasteiger partial charge < -0.3 is 15.4 Å². The Hall–Kier alpha value is -2.19. The van der Waals surface area contributed by atoms with E-state index in [0.29, 0.717) is 17.7 Å². The molecule has 24 heavy (non-hydrogen) atoms. The summed E-state index contributed by atoms with van der Waals surface area (Å²) in [6.45, 7) is 0.754. The molecule has 2 aromatic heterocycles. The first-order chi connectivity index (χ1) is 11.7. The molecule has 0 bridgehead atoms. The first kappa shape index (κ1) is 16.7. The van der Waals surface area contributed by atoms with Crippen LogP contribution in [0.2, 0.25) is 0 Å². The smallest absolute Gasteiger partial charge is 0.312 e. The molecule has 3 rings (SSSR count). The van der Waals surface area contributed by atoms with Gasteiger partial charge in [-0.2, -0.15) is 26.1 Å². The highest BCUT2D eigenvalue weighted by Crippen LogP contribution is 2.19. The molecule has 126 valence electrons. The number of fused-ring (bicyclic) bond motifs is 1. The number of nitrogens with zero attached hydrogens (tertiary/aromatic N) is 4. The van der Waals surface area contributed by atoms with E-state index in [9.17, 15) is 4.39 Å². The lowest BCUT2D eigenvalue weighted by Gasteiger charge is -2.07. The van der Waals surface area contributed by atoms with Crippen LogP contribution in [0.4, 0.5) is 10.2 Å². The first-order valence-corrected chi connectivity index (χ1v) is 8.73. The van der Waals surface area contributed by atoms with Crippen LogP contribution in [-0.4, -0.2) is 37.0 Å². The van der Waals surface area contributed by atoms with E-state index in [1.54, 1.807) is 22.7 Å². The predicted octanol–water partition coefficient (Wildman–Crippen LogP) is 2.21. The Morgan fingerprint density at radius 2 is 2.08 bits per heavy atom. The maximum absolute atomic E-state index is 13.4. The number of hydrogen-bond acceptors (Lipinski definition) is 6. The number of thioether (sulfide) groups is 1. The molecule has 0 atom stereocenters. The van der Waals surface area contributed by atoms with Crippen molar-refractivity contribution in [3.63, 3.8) is 0 Å². The van der Waals surface area contributed by atoms with Gasteiger partial charge in [-0.05, 0) is 23.3 Å². The van der Waals surface area contributed by atoms with Gasteiger partial charge in [-0.3, -0.25) is 0 Å². The van der Waals surface area contributed by atoms with E-state index >= 15 is 0 Å². The molecule has 6 nitrogen and oxygen atoms in total. The zero-order valence-corrected chi connectivity index (χ0v) is 13.8.